The molecular formula is C27H19ClN5O6S-. The zero-order valence-corrected chi connectivity index (χ0v) is 22.2. The quantitative estimate of drug-likeness (QED) is 0.190. The highest BCUT2D eigenvalue weighted by Crippen LogP contribution is 2.35. The van der Waals surface area contributed by atoms with Crippen molar-refractivity contribution in [1.82, 2.24) is 4.98 Å². The van der Waals surface area contributed by atoms with E-state index in [1.165, 1.54) is 36.6 Å². The number of carbonyl (C=O) groups is 3. The van der Waals surface area contributed by atoms with Crippen molar-refractivity contribution in [2.75, 3.05) is 27.9 Å². The first-order valence-electron chi connectivity index (χ1n) is 11.6. The molecule has 3 amide bonds. The van der Waals surface area contributed by atoms with Crippen LogP contribution < -0.4 is 25.5 Å². The van der Waals surface area contributed by atoms with Crippen molar-refractivity contribution in [3.05, 3.63) is 99.7 Å². The number of methoxy groups -OCH3 is 1. The lowest BCUT2D eigenvalue weighted by Crippen LogP contribution is -2.32. The van der Waals surface area contributed by atoms with Gasteiger partial charge in [-0.15, -0.1) is 11.3 Å². The first-order valence-corrected chi connectivity index (χ1v) is 12.8. The molecule has 0 atom stereocenters. The summed E-state index contributed by atoms with van der Waals surface area (Å²) in [6.07, 6.45) is 0. The Labute approximate surface area is 236 Å². The van der Waals surface area contributed by atoms with E-state index in [1.807, 2.05) is 0 Å². The highest BCUT2D eigenvalue weighted by Gasteiger charge is 2.40. The molecule has 13 heteroatoms. The standard InChI is InChI=1S/C27H19ClN5O6S/c1-39-21-8-3-2-7-20(21)32-25(35)22(28)23(26(32)36)29-17-6-4-5-16(13-17)24(34)31-27-30-19(14-40-27)15-9-11-18(12-10-15)33(37)38/h2-14,29,37H,1H3,(H,30,31,34)/q-1. The summed E-state index contributed by atoms with van der Waals surface area (Å²) in [5.41, 5.74) is 2.09. The summed E-state index contributed by atoms with van der Waals surface area (Å²) >= 11 is 7.46. The van der Waals surface area contributed by atoms with Gasteiger partial charge in [0.1, 0.15) is 16.5 Å². The average Bonchev–Trinajstić information content (AvgIpc) is 3.51. The molecule has 3 aromatic carbocycles. The minimum atomic E-state index is -0.705. The highest BCUT2D eigenvalue weighted by molar-refractivity contribution is 7.14. The molecule has 0 radical (unpaired) electrons. The summed E-state index contributed by atoms with van der Waals surface area (Å²) in [4.78, 5) is 44.3. The maximum Gasteiger partial charge on any atom is 0.283 e. The maximum absolute atomic E-state index is 13.2. The van der Waals surface area contributed by atoms with Crippen molar-refractivity contribution < 1.29 is 24.3 Å². The zero-order valence-electron chi connectivity index (χ0n) is 20.6. The zero-order chi connectivity index (χ0) is 28.4. The normalized spacial score (nSPS) is 13.1. The summed E-state index contributed by atoms with van der Waals surface area (Å²) < 4.78 is 5.27. The van der Waals surface area contributed by atoms with Gasteiger partial charge in [-0.05, 0) is 42.5 Å². The van der Waals surface area contributed by atoms with Crippen LogP contribution in [0.15, 0.2) is 88.9 Å². The highest BCUT2D eigenvalue weighted by atomic mass is 35.5. The predicted octanol–water partition coefficient (Wildman–Crippen LogP) is 5.20. The van der Waals surface area contributed by atoms with Crippen molar-refractivity contribution in [3.8, 4) is 17.0 Å². The molecular weight excluding hydrogens is 558 g/mol. The molecule has 40 heavy (non-hydrogen) atoms. The number of para-hydroxylation sites is 2. The van der Waals surface area contributed by atoms with E-state index in [0.717, 1.165) is 4.90 Å². The number of hydrogen-bond donors (Lipinski definition) is 3. The van der Waals surface area contributed by atoms with Gasteiger partial charge in [0, 0.05) is 22.2 Å². The molecule has 0 spiro atoms. The first-order chi connectivity index (χ1) is 19.3. The third-order valence-corrected chi connectivity index (χ3v) is 6.96. The van der Waals surface area contributed by atoms with Gasteiger partial charge < -0.3 is 20.5 Å². The molecule has 4 aromatic rings. The number of halogens is 1. The van der Waals surface area contributed by atoms with Crippen LogP contribution in [0.25, 0.3) is 11.3 Å². The van der Waals surface area contributed by atoms with Gasteiger partial charge in [0.2, 0.25) is 0 Å². The molecule has 202 valence electrons. The van der Waals surface area contributed by atoms with Crippen molar-refractivity contribution in [2.45, 2.75) is 0 Å². The van der Waals surface area contributed by atoms with Crippen LogP contribution in [0.1, 0.15) is 10.4 Å². The van der Waals surface area contributed by atoms with E-state index in [-0.39, 0.29) is 32.9 Å². The maximum atomic E-state index is 13.2. The molecule has 1 aliphatic rings. The molecule has 1 aromatic heterocycles. The number of rotatable bonds is 8. The summed E-state index contributed by atoms with van der Waals surface area (Å²) in [7, 11) is 1.43. The van der Waals surface area contributed by atoms with Crippen LogP contribution in [-0.4, -0.2) is 35.0 Å². The topological polar surface area (TPSA) is 147 Å². The van der Waals surface area contributed by atoms with Gasteiger partial charge in [0.25, 0.3) is 17.7 Å². The van der Waals surface area contributed by atoms with E-state index in [9.17, 15) is 19.6 Å². The summed E-state index contributed by atoms with van der Waals surface area (Å²) in [5.74, 6) is -1.50. The fourth-order valence-electron chi connectivity index (χ4n) is 3.92. The Bertz CT molecular complexity index is 1650. The van der Waals surface area contributed by atoms with Gasteiger partial charge in [-0.1, -0.05) is 41.9 Å². The first kappa shape index (κ1) is 26.8. The molecule has 0 saturated heterocycles. The lowest BCUT2D eigenvalue weighted by atomic mass is 10.1. The molecule has 11 nitrogen and oxygen atoms in total. The number of nitrogens with zero attached hydrogens (tertiary/aromatic N) is 3. The number of aromatic nitrogens is 1. The second kappa shape index (κ2) is 11.2. The van der Waals surface area contributed by atoms with Gasteiger partial charge in [-0.3, -0.25) is 24.9 Å². The van der Waals surface area contributed by atoms with Gasteiger partial charge in [-0.2, -0.15) is 0 Å². The fourth-order valence-corrected chi connectivity index (χ4v) is 4.85. The number of carbonyl (C=O) groups excluding carboxylic acids is 3. The monoisotopic (exact) mass is 576 g/mol. The Morgan fingerprint density at radius 2 is 1.82 bits per heavy atom. The summed E-state index contributed by atoms with van der Waals surface area (Å²) in [6.45, 7) is 0. The van der Waals surface area contributed by atoms with Crippen LogP contribution in [0.3, 0.4) is 0 Å². The molecule has 5 rings (SSSR count). The number of amides is 3. The molecule has 3 N–H and O–H groups in total. The Morgan fingerprint density at radius 3 is 2.55 bits per heavy atom. The van der Waals surface area contributed by atoms with Gasteiger partial charge >= 0.3 is 0 Å². The number of hydrogen-bond acceptors (Lipinski definition) is 10. The molecule has 0 unspecified atom stereocenters. The molecule has 0 fully saturated rings. The summed E-state index contributed by atoms with van der Waals surface area (Å²) in [5, 5.41) is 27.1. The van der Waals surface area contributed by atoms with Crippen LogP contribution in [0.4, 0.5) is 22.2 Å². The van der Waals surface area contributed by atoms with Gasteiger partial charge in [0.15, 0.2) is 5.13 Å². The molecule has 0 aliphatic carbocycles. The Hall–Kier alpha value is -4.75. The minimum Gasteiger partial charge on any atom is -0.733 e. The Kier molecular flexibility index (Phi) is 7.49. The minimum absolute atomic E-state index is 0.0780. The van der Waals surface area contributed by atoms with Crippen molar-refractivity contribution in [2.24, 2.45) is 0 Å². The second-order valence-corrected chi connectivity index (χ2v) is 9.56. The summed E-state index contributed by atoms with van der Waals surface area (Å²) in [6, 6.07) is 19.0. The Balaban J connectivity index is 1.30. The number of imide groups is 1. The van der Waals surface area contributed by atoms with Crippen molar-refractivity contribution in [1.29, 1.82) is 0 Å². The van der Waals surface area contributed by atoms with E-state index >= 15 is 0 Å². The number of anilines is 4. The van der Waals surface area contributed by atoms with Crippen LogP contribution in [0.2, 0.25) is 0 Å². The fraction of sp³-hybridized carbons (Fsp3) is 0.0370. The van der Waals surface area contributed by atoms with Gasteiger partial charge in [0.05, 0.1) is 24.2 Å². The second-order valence-electron chi connectivity index (χ2n) is 8.32. The lowest BCUT2D eigenvalue weighted by molar-refractivity contribution is -0.120. The van der Waals surface area contributed by atoms with E-state index < -0.39 is 17.7 Å². The number of benzene rings is 3. The largest absolute Gasteiger partial charge is 0.733 e. The molecule has 2 heterocycles. The third-order valence-electron chi connectivity index (χ3n) is 5.86. The van der Waals surface area contributed by atoms with Crippen LogP contribution in [0.5, 0.6) is 5.75 Å². The third kappa shape index (κ3) is 5.24. The van der Waals surface area contributed by atoms with E-state index in [2.05, 4.69) is 15.6 Å². The number of thiazole rings is 1. The SMILES string of the molecule is COc1ccccc1N1C(=O)C(Cl)=C(Nc2cccc(C(=O)Nc3nc(-c4ccc(N([O-])O)cc4)cs3)c2)C1=O. The van der Waals surface area contributed by atoms with E-state index in [1.54, 1.807) is 60.0 Å². The van der Waals surface area contributed by atoms with Crippen LogP contribution >= 0.6 is 22.9 Å². The van der Waals surface area contributed by atoms with E-state index in [0.29, 0.717) is 27.8 Å². The van der Waals surface area contributed by atoms with Crippen molar-refractivity contribution in [3.63, 3.8) is 0 Å². The van der Waals surface area contributed by atoms with Crippen LogP contribution in [0, 0.1) is 5.21 Å². The smallest absolute Gasteiger partial charge is 0.283 e. The molecule has 0 bridgehead atoms. The molecule has 1 aliphatic heterocycles. The predicted molar refractivity (Wildman–Crippen MR) is 152 cm³/mol. The van der Waals surface area contributed by atoms with E-state index in [4.69, 9.17) is 21.5 Å². The lowest BCUT2D eigenvalue weighted by Gasteiger charge is -2.21. The van der Waals surface area contributed by atoms with Gasteiger partial charge in [-0.25, -0.2) is 9.88 Å². The Morgan fingerprint density at radius 1 is 1.07 bits per heavy atom. The molecule has 0 saturated carbocycles. The van der Waals surface area contributed by atoms with Crippen molar-refractivity contribution >= 4 is 62.9 Å². The number of ether oxygens (including phenoxy) is 1. The number of nitrogens with one attached hydrogen (secondary N) is 2. The average molecular weight is 577 g/mol. The van der Waals surface area contributed by atoms with Crippen LogP contribution in [-0.2, 0) is 9.59 Å².